The number of nitrogens with two attached hydrogens (primary N) is 4. The summed E-state index contributed by atoms with van der Waals surface area (Å²) in [6, 6.07) is 25.0. The van der Waals surface area contributed by atoms with Gasteiger partial charge in [-0.1, -0.05) is 49.2 Å². The fourth-order valence-corrected chi connectivity index (χ4v) is 8.38. The van der Waals surface area contributed by atoms with Gasteiger partial charge in [-0.05, 0) is 138 Å². The number of unbranched alkanes of at least 4 members (excludes halogenated alkanes) is 1. The summed E-state index contributed by atoms with van der Waals surface area (Å²) >= 11 is 0. The number of likely N-dealkylation sites (tertiary alicyclic amines) is 2. The van der Waals surface area contributed by atoms with Crippen LogP contribution in [0.1, 0.15) is 73.2 Å². The maximum Gasteiger partial charge on any atom is 0.328 e. The van der Waals surface area contributed by atoms with Crippen molar-refractivity contribution in [1.29, 1.82) is 0 Å². The number of rotatable bonds is 19. The smallest absolute Gasteiger partial charge is 0.328 e. The maximum atomic E-state index is 13.8. The SMILES string of the molecule is CN1CC(c2ccc(OC(=O)[C@@H]3CCCCN3C)c(/N=N/c3ccc(NC(=O)[C@@H](N)CCCCN)nc3N)c2)CC[C@H]1C(=O)Oc1ccccc1/N=N/c1ccc(NC(=O)CNC(=O)c2ccccc2)nc1N. The van der Waals surface area contributed by atoms with E-state index in [2.05, 4.69) is 46.4 Å². The van der Waals surface area contributed by atoms with Crippen LogP contribution in [0.4, 0.5) is 46.0 Å². The van der Waals surface area contributed by atoms with Crippen molar-refractivity contribution in [3.63, 3.8) is 0 Å². The van der Waals surface area contributed by atoms with Crippen molar-refractivity contribution in [2.75, 3.05) is 62.4 Å². The minimum atomic E-state index is -0.732. The zero-order chi connectivity index (χ0) is 51.9. The Bertz CT molecular complexity index is 2830. The Morgan fingerprint density at radius 2 is 1.30 bits per heavy atom. The van der Waals surface area contributed by atoms with Crippen molar-refractivity contribution >= 4 is 75.7 Å². The number of benzene rings is 3. The number of carbonyl (C=O) groups is 5. The van der Waals surface area contributed by atoms with E-state index in [1.807, 2.05) is 36.0 Å². The van der Waals surface area contributed by atoms with Gasteiger partial charge < -0.3 is 48.4 Å². The molecule has 0 radical (unpaired) electrons. The molecule has 5 aromatic rings. The molecular weight excluding hydrogens is 935 g/mol. The van der Waals surface area contributed by atoms with Crippen LogP contribution in [0.2, 0.25) is 0 Å². The lowest BCUT2D eigenvalue weighted by Crippen LogP contribution is -2.46. The molecule has 4 atom stereocenters. The zero-order valence-corrected chi connectivity index (χ0v) is 40.8. The number of para-hydroxylation sites is 1. The highest BCUT2D eigenvalue weighted by Crippen LogP contribution is 2.39. The average molecular weight is 996 g/mol. The zero-order valence-electron chi connectivity index (χ0n) is 40.8. The van der Waals surface area contributed by atoms with Gasteiger partial charge in [0.05, 0.1) is 12.6 Å². The molecule has 1 unspecified atom stereocenters. The predicted molar refractivity (Wildman–Crippen MR) is 275 cm³/mol. The minimum Gasteiger partial charge on any atom is -0.423 e. The summed E-state index contributed by atoms with van der Waals surface area (Å²) in [7, 11) is 3.75. The number of likely N-dealkylation sites (N-methyl/N-ethyl adjacent to an activating group) is 2. The molecule has 2 fully saturated rings. The molecule has 2 aliphatic rings. The lowest BCUT2D eigenvalue weighted by atomic mass is 9.87. The van der Waals surface area contributed by atoms with Crippen molar-refractivity contribution < 1.29 is 33.4 Å². The van der Waals surface area contributed by atoms with Gasteiger partial charge in [-0.3, -0.25) is 24.2 Å². The number of amides is 3. The summed E-state index contributed by atoms with van der Waals surface area (Å²) in [5, 5.41) is 25.3. The van der Waals surface area contributed by atoms with E-state index in [4.69, 9.17) is 32.4 Å². The molecule has 7 rings (SSSR count). The lowest BCUT2D eigenvalue weighted by molar-refractivity contribution is -0.142. The van der Waals surface area contributed by atoms with E-state index in [1.165, 1.54) is 12.1 Å². The molecule has 4 heterocycles. The molecule has 3 aromatic carbocycles. The first-order chi connectivity index (χ1) is 35.3. The summed E-state index contributed by atoms with van der Waals surface area (Å²) in [4.78, 5) is 77.2. The summed E-state index contributed by atoms with van der Waals surface area (Å²) in [5.41, 5.74) is 26.3. The number of ether oxygens (including phenoxy) is 2. The van der Waals surface area contributed by atoms with Crippen LogP contribution in [-0.4, -0.2) is 108 Å². The molecule has 0 saturated carbocycles. The molecule has 2 aliphatic heterocycles. The summed E-state index contributed by atoms with van der Waals surface area (Å²) in [6.07, 6.45) is 5.61. The molecule has 22 heteroatoms. The van der Waals surface area contributed by atoms with Gasteiger partial charge in [0, 0.05) is 12.1 Å². The second kappa shape index (κ2) is 25.4. The van der Waals surface area contributed by atoms with Crippen LogP contribution >= 0.6 is 0 Å². The van der Waals surface area contributed by atoms with Gasteiger partial charge in [-0.15, -0.1) is 20.5 Å². The molecule has 382 valence electrons. The summed E-state index contributed by atoms with van der Waals surface area (Å²) in [6.45, 7) is 1.50. The number of hydrogen-bond acceptors (Lipinski definition) is 19. The number of nitrogens with zero attached hydrogens (tertiary/aromatic N) is 8. The fourth-order valence-electron chi connectivity index (χ4n) is 8.38. The molecular formula is C51H61N15O7. The van der Waals surface area contributed by atoms with Crippen LogP contribution in [0.5, 0.6) is 11.5 Å². The van der Waals surface area contributed by atoms with Crippen LogP contribution < -0.4 is 48.4 Å². The van der Waals surface area contributed by atoms with Crippen LogP contribution in [0.15, 0.2) is 118 Å². The Labute approximate surface area is 422 Å². The van der Waals surface area contributed by atoms with E-state index in [9.17, 15) is 24.0 Å². The maximum absolute atomic E-state index is 13.8. The third-order valence-corrected chi connectivity index (χ3v) is 12.5. The molecule has 0 bridgehead atoms. The highest BCUT2D eigenvalue weighted by molar-refractivity contribution is 5.99. The second-order valence-corrected chi connectivity index (χ2v) is 17.8. The van der Waals surface area contributed by atoms with Gasteiger partial charge in [0.2, 0.25) is 11.8 Å². The number of nitrogen functional groups attached to an aromatic ring is 2. The van der Waals surface area contributed by atoms with Gasteiger partial charge in [-0.25, -0.2) is 19.6 Å². The number of esters is 2. The summed E-state index contributed by atoms with van der Waals surface area (Å²) in [5.74, 6) is -1.45. The Morgan fingerprint density at radius 1 is 0.685 bits per heavy atom. The largest absolute Gasteiger partial charge is 0.423 e. The van der Waals surface area contributed by atoms with Crippen molar-refractivity contribution in [2.45, 2.75) is 75.4 Å². The second-order valence-electron chi connectivity index (χ2n) is 17.8. The number of azo groups is 2. The number of anilines is 4. The third kappa shape index (κ3) is 14.5. The van der Waals surface area contributed by atoms with Gasteiger partial charge in [0.25, 0.3) is 5.91 Å². The Hall–Kier alpha value is -8.05. The molecule has 2 saturated heterocycles. The van der Waals surface area contributed by atoms with Crippen molar-refractivity contribution in [1.82, 2.24) is 25.1 Å². The van der Waals surface area contributed by atoms with Crippen molar-refractivity contribution in [3.05, 3.63) is 108 Å². The highest BCUT2D eigenvalue weighted by Gasteiger charge is 2.34. The molecule has 73 heavy (non-hydrogen) atoms. The standard InChI is InChI=1S/C51H61N15O7/c1-65-27-11-9-16-39(65)50(70)73-42-23-19-32(28-38(42)64-63-37-21-25-44(59-47(37)55)60-49(69)34(53)14-8-10-26-52)33-18-22-40(66(2)30-33)51(71)72-41-17-7-6-15-35(41)61-62-36-20-24-43(58-46(36)54)57-45(67)29-56-48(68)31-12-4-3-5-13-31/h3-7,12-13,15,17,19-21,23-25,28,33-34,39-40H,8-11,14,16,18,22,26-27,29-30,52-53H2,1-2H3,(H,56,68)(H3,54,57,58,67)(H3,55,59,60,69)/b62-61+,64-63+/t33?,34-,39-,40-/m0/s1. The van der Waals surface area contributed by atoms with Gasteiger partial charge in [0.15, 0.2) is 23.1 Å². The van der Waals surface area contributed by atoms with Gasteiger partial charge >= 0.3 is 11.9 Å². The number of hydrogen-bond donors (Lipinski definition) is 7. The normalized spacial score (nSPS) is 17.7. The fraction of sp³-hybridized carbons (Fsp3) is 0.353. The topological polar surface area (TPSA) is 326 Å². The van der Waals surface area contributed by atoms with Gasteiger partial charge in [0.1, 0.15) is 46.5 Å². The number of nitrogens with one attached hydrogen (secondary N) is 3. The van der Waals surface area contributed by atoms with Crippen LogP contribution in [0.25, 0.3) is 0 Å². The Kier molecular flexibility index (Phi) is 18.3. The first-order valence-corrected chi connectivity index (χ1v) is 24.1. The van der Waals surface area contributed by atoms with Crippen molar-refractivity contribution in [2.24, 2.45) is 31.9 Å². The van der Waals surface area contributed by atoms with Crippen molar-refractivity contribution in [3.8, 4) is 11.5 Å². The summed E-state index contributed by atoms with van der Waals surface area (Å²) < 4.78 is 11.9. The molecule has 0 aliphatic carbocycles. The highest BCUT2D eigenvalue weighted by atomic mass is 16.5. The number of piperidine rings is 2. The lowest BCUT2D eigenvalue weighted by Gasteiger charge is -2.36. The molecule has 11 N–H and O–H groups in total. The number of pyridine rings is 2. The minimum absolute atomic E-state index is 0.00949. The van der Waals surface area contributed by atoms with Crippen LogP contribution in [0, 0.1) is 0 Å². The molecule has 0 spiro atoms. The number of carbonyl (C=O) groups excluding carboxylic acids is 5. The van der Waals surface area contributed by atoms with Gasteiger partial charge in [-0.2, -0.15) is 0 Å². The van der Waals surface area contributed by atoms with E-state index in [0.717, 1.165) is 37.8 Å². The Balaban J connectivity index is 0.988. The van der Waals surface area contributed by atoms with E-state index in [1.54, 1.807) is 72.8 Å². The first kappa shape index (κ1) is 52.8. The molecule has 2 aromatic heterocycles. The van der Waals surface area contributed by atoms with E-state index < -0.39 is 47.8 Å². The van der Waals surface area contributed by atoms with Crippen LogP contribution in [-0.2, 0) is 19.2 Å². The molecule has 3 amide bonds. The Morgan fingerprint density at radius 3 is 1.96 bits per heavy atom. The quantitative estimate of drug-likeness (QED) is 0.0203. The monoisotopic (exact) mass is 995 g/mol. The van der Waals surface area contributed by atoms with E-state index in [0.29, 0.717) is 50.0 Å². The first-order valence-electron chi connectivity index (χ1n) is 24.1. The predicted octanol–water partition coefficient (Wildman–Crippen LogP) is 6.41. The number of aromatic nitrogens is 2. The molecule has 22 nitrogen and oxygen atoms in total. The van der Waals surface area contributed by atoms with E-state index in [-0.39, 0.29) is 64.3 Å². The van der Waals surface area contributed by atoms with Crippen LogP contribution in [0.3, 0.4) is 0 Å². The van der Waals surface area contributed by atoms with E-state index >= 15 is 0 Å². The third-order valence-electron chi connectivity index (χ3n) is 12.5. The average Bonchev–Trinajstić information content (AvgIpc) is 3.38.